The van der Waals surface area contributed by atoms with Crippen molar-refractivity contribution in [2.24, 2.45) is 23.7 Å². The van der Waals surface area contributed by atoms with E-state index in [1.54, 1.807) is 0 Å². The van der Waals surface area contributed by atoms with E-state index >= 15 is 0 Å². The molecule has 0 aromatic heterocycles. The van der Waals surface area contributed by atoms with Crippen molar-refractivity contribution in [3.8, 4) is 0 Å². The van der Waals surface area contributed by atoms with Crippen molar-refractivity contribution >= 4 is 31.7 Å². The molecule has 4 aliphatic rings. The zero-order valence-electron chi connectivity index (χ0n) is 18.2. The Morgan fingerprint density at radius 2 is 1.14 bits per heavy atom. The van der Waals surface area contributed by atoms with Gasteiger partial charge in [0.2, 0.25) is 0 Å². The van der Waals surface area contributed by atoms with Crippen molar-refractivity contribution in [2.45, 2.75) is 68.9 Å². The zero-order valence-corrected chi connectivity index (χ0v) is 23.7. The average molecular weight is 519 g/mol. The van der Waals surface area contributed by atoms with Crippen molar-refractivity contribution < 1.29 is 17.4 Å². The number of hydrogen-bond acceptors (Lipinski definition) is 0. The second-order valence-corrected chi connectivity index (χ2v) is 42.1. The molecule has 0 saturated heterocycles. The Bertz CT molecular complexity index is 711. The van der Waals surface area contributed by atoms with E-state index in [2.05, 4.69) is 66.4 Å². The van der Waals surface area contributed by atoms with Gasteiger partial charge in [-0.15, -0.1) is 24.8 Å². The summed E-state index contributed by atoms with van der Waals surface area (Å²) in [6.07, 6.45) is 23.2. The van der Waals surface area contributed by atoms with Gasteiger partial charge in [0.15, 0.2) is 0 Å². The van der Waals surface area contributed by atoms with Gasteiger partial charge in [-0.1, -0.05) is 0 Å². The Balaban J connectivity index is 0.00000140. The number of hydrogen-bond donors (Lipinski definition) is 0. The van der Waals surface area contributed by atoms with Crippen molar-refractivity contribution in [3.05, 3.63) is 47.6 Å². The second kappa shape index (κ2) is 9.02. The number of fused-ring (bicyclic) bond motifs is 2. The van der Waals surface area contributed by atoms with Gasteiger partial charge in [0.05, 0.1) is 0 Å². The summed E-state index contributed by atoms with van der Waals surface area (Å²) >= 11 is -2.91. The van der Waals surface area contributed by atoms with Crippen LogP contribution in [-0.2, 0) is 17.4 Å². The molecule has 0 nitrogen and oxygen atoms in total. The topological polar surface area (TPSA) is 0 Å². The average Bonchev–Trinajstić information content (AvgIpc) is 3.12. The number of allylic oxidation sites excluding steroid dienone is 8. The predicted molar refractivity (Wildman–Crippen MR) is 130 cm³/mol. The molecule has 2 saturated carbocycles. The summed E-state index contributed by atoms with van der Waals surface area (Å²) in [6.45, 7) is 7.54. The molecule has 2 fully saturated rings. The molecule has 0 aliphatic heterocycles. The van der Waals surface area contributed by atoms with Crippen LogP contribution in [0.15, 0.2) is 47.6 Å². The molecule has 158 valence electrons. The SMILES string of the molecule is CC1CC=CC=C2C1CC[CH]2[Zr]([CH3])([CH3])(=[SiH2])[CH]1CCC2C1=CC=CCC2C.Cl.Cl. The van der Waals surface area contributed by atoms with Crippen molar-refractivity contribution in [3.63, 3.8) is 0 Å². The number of rotatable bonds is 2. The van der Waals surface area contributed by atoms with Gasteiger partial charge < -0.3 is 0 Å². The standard InChI is InChI=1S/2C11H15.2CH3.2ClH.H2Si.Zr/c2*1-9-5-2-3-6-10-7-4-8-11(9)10;;;;;;/h2*2-3,6-7,9,11H,4-5,8H2,1H3;2*1H3;2*1H;1H2;. The molecule has 0 heterocycles. The van der Waals surface area contributed by atoms with Crippen LogP contribution in [-0.4, -0.2) is 6.88 Å². The summed E-state index contributed by atoms with van der Waals surface area (Å²) in [4.78, 5) is 0. The summed E-state index contributed by atoms with van der Waals surface area (Å²) in [7, 11) is 0. The molecule has 28 heavy (non-hydrogen) atoms. The van der Waals surface area contributed by atoms with Gasteiger partial charge in [0.25, 0.3) is 0 Å². The van der Waals surface area contributed by atoms with E-state index in [4.69, 9.17) is 0 Å². The van der Waals surface area contributed by atoms with Gasteiger partial charge in [-0.3, -0.25) is 0 Å². The Kier molecular flexibility index (Phi) is 8.02. The van der Waals surface area contributed by atoms with Crippen molar-refractivity contribution in [1.82, 2.24) is 0 Å². The second-order valence-electron chi connectivity index (χ2n) is 11.0. The molecule has 0 bridgehead atoms. The molecular formula is C24H40Cl2SiZr. The van der Waals surface area contributed by atoms with Gasteiger partial charge >= 0.3 is 164 Å². The van der Waals surface area contributed by atoms with Crippen LogP contribution in [0.3, 0.4) is 0 Å². The van der Waals surface area contributed by atoms with E-state index < -0.39 is 17.4 Å². The van der Waals surface area contributed by atoms with E-state index in [0.29, 0.717) is 0 Å². The summed E-state index contributed by atoms with van der Waals surface area (Å²) < 4.78 is 7.55. The minimum atomic E-state index is -2.91. The molecule has 0 amide bonds. The fraction of sp³-hybridized carbons (Fsp3) is 0.667. The van der Waals surface area contributed by atoms with Crippen LogP contribution in [0.25, 0.3) is 0 Å². The molecule has 0 aromatic carbocycles. The van der Waals surface area contributed by atoms with Crippen molar-refractivity contribution in [1.29, 1.82) is 0 Å². The van der Waals surface area contributed by atoms with Crippen LogP contribution >= 0.6 is 24.8 Å². The zero-order chi connectivity index (χ0) is 18.6. The van der Waals surface area contributed by atoms with Crippen LogP contribution in [0, 0.1) is 23.7 Å². The Morgan fingerprint density at radius 3 is 1.54 bits per heavy atom. The summed E-state index contributed by atoms with van der Waals surface area (Å²) in [6, 6.07) is 0. The first kappa shape index (κ1) is 24.9. The quantitative estimate of drug-likeness (QED) is 0.330. The third-order valence-corrected chi connectivity index (χ3v) is 28.9. The molecule has 0 N–H and O–H groups in total. The summed E-state index contributed by atoms with van der Waals surface area (Å²) in [5.41, 5.74) is 3.75. The van der Waals surface area contributed by atoms with Crippen LogP contribution < -0.4 is 0 Å². The van der Waals surface area contributed by atoms with Crippen LogP contribution in [0.2, 0.25) is 16.5 Å². The third kappa shape index (κ3) is 4.19. The monoisotopic (exact) mass is 516 g/mol. The normalized spacial score (nSPS) is 37.5. The summed E-state index contributed by atoms with van der Waals surface area (Å²) in [5.74, 6) is 3.42. The molecule has 4 heteroatoms. The molecule has 0 radical (unpaired) electrons. The first-order chi connectivity index (χ1) is 12.3. The Labute approximate surface area is 188 Å². The predicted octanol–water partition coefficient (Wildman–Crippen LogP) is 7.61. The minimum absolute atomic E-state index is 0. The Hall–Kier alpha value is 0.640. The fourth-order valence-electron chi connectivity index (χ4n) is 7.14. The number of halogens is 2. The fourth-order valence-corrected chi connectivity index (χ4v) is 25.9. The van der Waals surface area contributed by atoms with Crippen molar-refractivity contribution in [2.75, 3.05) is 0 Å². The van der Waals surface area contributed by atoms with Crippen LogP contribution in [0.5, 0.6) is 0 Å². The van der Waals surface area contributed by atoms with Gasteiger partial charge in [0.1, 0.15) is 0 Å². The van der Waals surface area contributed by atoms with Gasteiger partial charge in [-0.25, -0.2) is 0 Å². The summed E-state index contributed by atoms with van der Waals surface area (Å²) in [5, 5.41) is 0. The minimum Gasteiger partial charge on any atom is -0.147 e. The van der Waals surface area contributed by atoms with Crippen LogP contribution in [0.4, 0.5) is 0 Å². The molecule has 6 unspecified atom stereocenters. The smallest absolute Gasteiger partial charge is 0.147 e. The maximum Gasteiger partial charge on any atom is -0.147 e. The van der Waals surface area contributed by atoms with Gasteiger partial charge in [-0.05, 0) is 0 Å². The Morgan fingerprint density at radius 1 is 0.750 bits per heavy atom. The maximum atomic E-state index is 2.83. The van der Waals surface area contributed by atoms with Gasteiger partial charge in [0, 0.05) is 0 Å². The van der Waals surface area contributed by atoms with E-state index in [-0.39, 0.29) is 24.8 Å². The first-order valence-corrected chi connectivity index (χ1v) is 24.8. The van der Waals surface area contributed by atoms with E-state index in [1.165, 1.54) is 38.5 Å². The van der Waals surface area contributed by atoms with E-state index in [1.807, 2.05) is 11.1 Å². The molecule has 6 atom stereocenters. The molecule has 4 aliphatic carbocycles. The molecule has 0 spiro atoms. The largest absolute Gasteiger partial charge is 0.147 e. The third-order valence-electron chi connectivity index (χ3n) is 8.72. The molecule has 4 rings (SSSR count). The van der Waals surface area contributed by atoms with Crippen LogP contribution in [0.1, 0.15) is 52.4 Å². The first-order valence-electron chi connectivity index (χ1n) is 11.1. The van der Waals surface area contributed by atoms with E-state index in [0.717, 1.165) is 30.9 Å². The molecular weight excluding hydrogens is 478 g/mol. The maximum absolute atomic E-state index is 2.91. The molecule has 0 aromatic rings. The van der Waals surface area contributed by atoms with E-state index in [9.17, 15) is 0 Å². The van der Waals surface area contributed by atoms with Gasteiger partial charge in [-0.2, -0.15) is 0 Å².